The summed E-state index contributed by atoms with van der Waals surface area (Å²) in [5.41, 5.74) is 6.18. The lowest BCUT2D eigenvalue weighted by Gasteiger charge is -2.16. The second-order valence-corrected chi connectivity index (χ2v) is 6.24. The summed E-state index contributed by atoms with van der Waals surface area (Å²) in [7, 11) is -3.58. The first-order valence-electron chi connectivity index (χ1n) is 6.30. The second-order valence-electron chi connectivity index (χ2n) is 4.56. The molecule has 0 aliphatic heterocycles. The van der Waals surface area contributed by atoms with E-state index in [-0.39, 0.29) is 17.5 Å². The number of benzene rings is 1. The van der Waals surface area contributed by atoms with Crippen molar-refractivity contribution in [2.75, 3.05) is 0 Å². The Balaban J connectivity index is 2.14. The van der Waals surface area contributed by atoms with Crippen LogP contribution in [0.5, 0.6) is 0 Å². The Labute approximate surface area is 118 Å². The Bertz CT molecular complexity index is 653. The number of aromatic nitrogens is 2. The number of rotatable bonds is 6. The van der Waals surface area contributed by atoms with Gasteiger partial charge in [-0.3, -0.25) is 4.68 Å². The third kappa shape index (κ3) is 3.44. The second kappa shape index (κ2) is 6.17. The van der Waals surface area contributed by atoms with Crippen LogP contribution in [0.4, 0.5) is 0 Å². The van der Waals surface area contributed by atoms with Gasteiger partial charge in [-0.15, -0.1) is 0 Å². The smallest absolute Gasteiger partial charge is 0.241 e. The zero-order valence-electron chi connectivity index (χ0n) is 11.2. The lowest BCUT2D eigenvalue weighted by Crippen LogP contribution is -2.36. The lowest BCUT2D eigenvalue weighted by molar-refractivity contribution is 0.493. The van der Waals surface area contributed by atoms with Crippen LogP contribution in [0.1, 0.15) is 12.5 Å². The van der Waals surface area contributed by atoms with Crippen LogP contribution in [0, 0.1) is 0 Å². The molecule has 1 heterocycles. The van der Waals surface area contributed by atoms with Crippen molar-refractivity contribution in [2.45, 2.75) is 31.0 Å². The molecular formula is C13H18N4O2S. The normalized spacial score (nSPS) is 13.3. The van der Waals surface area contributed by atoms with Gasteiger partial charge in [0.2, 0.25) is 10.0 Å². The van der Waals surface area contributed by atoms with E-state index in [1.165, 1.54) is 0 Å². The third-order valence-electron chi connectivity index (χ3n) is 2.86. The molecule has 1 unspecified atom stereocenters. The molecule has 2 rings (SSSR count). The van der Waals surface area contributed by atoms with E-state index in [9.17, 15) is 8.42 Å². The first-order valence-corrected chi connectivity index (χ1v) is 7.79. The van der Waals surface area contributed by atoms with Crippen molar-refractivity contribution < 1.29 is 8.42 Å². The van der Waals surface area contributed by atoms with Crippen LogP contribution in [0.15, 0.2) is 47.6 Å². The van der Waals surface area contributed by atoms with Gasteiger partial charge in [-0.1, -0.05) is 18.2 Å². The molecule has 1 aromatic carbocycles. The molecule has 0 amide bonds. The molecule has 20 heavy (non-hydrogen) atoms. The van der Waals surface area contributed by atoms with E-state index >= 15 is 0 Å². The Kier molecular flexibility index (Phi) is 4.53. The van der Waals surface area contributed by atoms with Gasteiger partial charge in [-0.05, 0) is 24.6 Å². The van der Waals surface area contributed by atoms with Crippen molar-refractivity contribution in [1.82, 2.24) is 14.5 Å². The molecule has 0 saturated heterocycles. The fourth-order valence-corrected chi connectivity index (χ4v) is 3.47. The molecule has 108 valence electrons. The minimum Gasteiger partial charge on any atom is -0.326 e. The summed E-state index contributed by atoms with van der Waals surface area (Å²) in [6.07, 6.45) is 3.45. The molecule has 0 saturated carbocycles. The van der Waals surface area contributed by atoms with E-state index in [0.717, 1.165) is 0 Å². The monoisotopic (exact) mass is 294 g/mol. The van der Waals surface area contributed by atoms with E-state index in [1.54, 1.807) is 54.3 Å². The summed E-state index contributed by atoms with van der Waals surface area (Å²) in [5.74, 6) is 0. The summed E-state index contributed by atoms with van der Waals surface area (Å²) in [6, 6.07) is 8.26. The number of hydrogen-bond donors (Lipinski definition) is 2. The molecular weight excluding hydrogens is 276 g/mol. The highest BCUT2D eigenvalue weighted by Gasteiger charge is 2.20. The highest BCUT2D eigenvalue weighted by Crippen LogP contribution is 2.15. The molecule has 0 spiro atoms. The van der Waals surface area contributed by atoms with Crippen LogP contribution in [-0.2, 0) is 23.1 Å². The molecule has 6 nitrogen and oxygen atoms in total. The molecule has 1 atom stereocenters. The predicted octanol–water partition coefficient (Wildman–Crippen LogP) is 0.709. The highest BCUT2D eigenvalue weighted by atomic mass is 32.2. The van der Waals surface area contributed by atoms with Gasteiger partial charge < -0.3 is 5.73 Å². The minimum absolute atomic E-state index is 0.185. The van der Waals surface area contributed by atoms with Crippen molar-refractivity contribution in [3.05, 3.63) is 48.3 Å². The summed E-state index contributed by atoms with van der Waals surface area (Å²) in [4.78, 5) is 0.231. The first-order chi connectivity index (χ1) is 9.53. The van der Waals surface area contributed by atoms with E-state index in [2.05, 4.69) is 9.82 Å². The van der Waals surface area contributed by atoms with Gasteiger partial charge in [-0.2, -0.15) is 5.10 Å². The molecule has 1 aromatic heterocycles. The predicted molar refractivity (Wildman–Crippen MR) is 76.3 cm³/mol. The Morgan fingerprint density at radius 3 is 2.75 bits per heavy atom. The number of nitrogens with zero attached hydrogens (tertiary/aromatic N) is 2. The number of hydrogen-bond acceptors (Lipinski definition) is 4. The molecule has 0 bridgehead atoms. The van der Waals surface area contributed by atoms with E-state index in [1.807, 2.05) is 0 Å². The summed E-state index contributed by atoms with van der Waals surface area (Å²) in [6.45, 7) is 2.45. The van der Waals surface area contributed by atoms with E-state index in [4.69, 9.17) is 5.73 Å². The van der Waals surface area contributed by atoms with Gasteiger partial charge in [0.1, 0.15) is 0 Å². The standard InChI is InChI=1S/C13H18N4O2S/c1-11(10-17-8-4-7-15-17)16-20(18,19)13-6-3-2-5-12(13)9-14/h2-8,11,16H,9-10,14H2,1H3. The average Bonchev–Trinajstić information content (AvgIpc) is 2.90. The Morgan fingerprint density at radius 1 is 1.35 bits per heavy atom. The van der Waals surface area contributed by atoms with Crippen molar-refractivity contribution in [2.24, 2.45) is 5.73 Å². The van der Waals surface area contributed by atoms with Gasteiger partial charge in [-0.25, -0.2) is 13.1 Å². The first kappa shape index (κ1) is 14.7. The Hall–Kier alpha value is -1.70. The number of nitrogens with two attached hydrogens (primary N) is 1. The quantitative estimate of drug-likeness (QED) is 0.821. The average molecular weight is 294 g/mol. The SMILES string of the molecule is CC(Cn1cccn1)NS(=O)(=O)c1ccccc1CN. The number of sulfonamides is 1. The highest BCUT2D eigenvalue weighted by molar-refractivity contribution is 7.89. The number of nitrogens with one attached hydrogen (secondary N) is 1. The molecule has 3 N–H and O–H groups in total. The van der Waals surface area contributed by atoms with Crippen molar-refractivity contribution in [3.63, 3.8) is 0 Å². The van der Waals surface area contributed by atoms with E-state index in [0.29, 0.717) is 12.1 Å². The fourth-order valence-electron chi connectivity index (χ4n) is 1.99. The van der Waals surface area contributed by atoms with Crippen LogP contribution in [0.3, 0.4) is 0 Å². The lowest BCUT2D eigenvalue weighted by atomic mass is 10.2. The zero-order chi connectivity index (χ0) is 14.6. The largest absolute Gasteiger partial charge is 0.326 e. The Morgan fingerprint density at radius 2 is 2.10 bits per heavy atom. The molecule has 2 aromatic rings. The van der Waals surface area contributed by atoms with E-state index < -0.39 is 10.0 Å². The fraction of sp³-hybridized carbons (Fsp3) is 0.308. The van der Waals surface area contributed by atoms with Gasteiger partial charge in [0.25, 0.3) is 0 Å². The van der Waals surface area contributed by atoms with Gasteiger partial charge in [0, 0.05) is 25.0 Å². The molecule has 7 heteroatoms. The topological polar surface area (TPSA) is 90.0 Å². The maximum atomic E-state index is 12.4. The summed E-state index contributed by atoms with van der Waals surface area (Å²) < 4.78 is 29.0. The zero-order valence-corrected chi connectivity index (χ0v) is 12.0. The maximum absolute atomic E-state index is 12.4. The van der Waals surface area contributed by atoms with Crippen LogP contribution in [0.25, 0.3) is 0 Å². The van der Waals surface area contributed by atoms with Crippen LogP contribution in [0.2, 0.25) is 0 Å². The van der Waals surface area contributed by atoms with Crippen LogP contribution < -0.4 is 10.5 Å². The molecule has 0 radical (unpaired) electrons. The van der Waals surface area contributed by atoms with Crippen LogP contribution >= 0.6 is 0 Å². The maximum Gasteiger partial charge on any atom is 0.241 e. The van der Waals surface area contributed by atoms with Gasteiger partial charge >= 0.3 is 0 Å². The van der Waals surface area contributed by atoms with Crippen molar-refractivity contribution in [3.8, 4) is 0 Å². The van der Waals surface area contributed by atoms with Gasteiger partial charge in [0.15, 0.2) is 0 Å². The minimum atomic E-state index is -3.58. The molecule has 0 aliphatic carbocycles. The third-order valence-corrected chi connectivity index (χ3v) is 4.55. The van der Waals surface area contributed by atoms with Crippen LogP contribution in [-0.4, -0.2) is 24.2 Å². The molecule has 0 aliphatic rings. The van der Waals surface area contributed by atoms with Gasteiger partial charge in [0.05, 0.1) is 11.4 Å². The van der Waals surface area contributed by atoms with Crippen molar-refractivity contribution >= 4 is 10.0 Å². The van der Waals surface area contributed by atoms with Crippen molar-refractivity contribution in [1.29, 1.82) is 0 Å². The molecule has 0 fully saturated rings. The summed E-state index contributed by atoms with van der Waals surface area (Å²) in [5, 5.41) is 4.05. The summed E-state index contributed by atoms with van der Waals surface area (Å²) >= 11 is 0.